The Labute approximate surface area is 158 Å². The minimum atomic E-state index is -0.240. The van der Waals surface area contributed by atoms with Gasteiger partial charge in [-0.05, 0) is 62.1 Å². The lowest BCUT2D eigenvalue weighted by Crippen LogP contribution is -2.35. The van der Waals surface area contributed by atoms with Gasteiger partial charge in [0.25, 0.3) is 5.56 Å². The predicted octanol–water partition coefficient (Wildman–Crippen LogP) is 2.84. The van der Waals surface area contributed by atoms with Gasteiger partial charge in [-0.3, -0.25) is 4.79 Å². The summed E-state index contributed by atoms with van der Waals surface area (Å²) in [5.41, 5.74) is 8.83. The first kappa shape index (κ1) is 18.4. The molecule has 0 amide bonds. The number of halogens is 1. The fourth-order valence-electron chi connectivity index (χ4n) is 4.60. The second kappa shape index (κ2) is 7.24. The molecule has 1 saturated heterocycles. The molecule has 2 heterocycles. The molecule has 4 rings (SSSR count). The first-order chi connectivity index (χ1) is 13.0. The Morgan fingerprint density at radius 3 is 2.52 bits per heavy atom. The van der Waals surface area contributed by atoms with Crippen LogP contribution in [0.25, 0.3) is 10.9 Å². The lowest BCUT2D eigenvalue weighted by molar-refractivity contribution is 0.240. The monoisotopic (exact) mass is 373 g/mol. The summed E-state index contributed by atoms with van der Waals surface area (Å²) in [6, 6.07) is 3.36. The molecular weight excluding hydrogens is 345 g/mol. The number of aliphatic hydroxyl groups is 1. The summed E-state index contributed by atoms with van der Waals surface area (Å²) < 4.78 is 17.0. The minimum absolute atomic E-state index is 0.0345. The van der Waals surface area contributed by atoms with E-state index in [9.17, 15) is 4.79 Å². The van der Waals surface area contributed by atoms with Gasteiger partial charge in [0.05, 0.1) is 11.2 Å². The van der Waals surface area contributed by atoms with Gasteiger partial charge in [0, 0.05) is 43.7 Å². The highest BCUT2D eigenvalue weighted by molar-refractivity contribution is 5.90. The number of hydrogen-bond acceptors (Lipinski definition) is 4. The van der Waals surface area contributed by atoms with E-state index in [0.717, 1.165) is 61.7 Å². The molecule has 0 bridgehead atoms. The van der Waals surface area contributed by atoms with Crippen LogP contribution >= 0.6 is 0 Å². The van der Waals surface area contributed by atoms with Crippen LogP contribution in [-0.2, 0) is 6.54 Å². The molecule has 1 aliphatic heterocycles. The third-order valence-electron chi connectivity index (χ3n) is 6.18. The van der Waals surface area contributed by atoms with E-state index in [-0.39, 0.29) is 30.6 Å². The van der Waals surface area contributed by atoms with E-state index in [1.54, 1.807) is 12.1 Å². The maximum absolute atomic E-state index is 15.2. The van der Waals surface area contributed by atoms with Gasteiger partial charge in [0.1, 0.15) is 5.82 Å². The van der Waals surface area contributed by atoms with Crippen molar-refractivity contribution in [3.63, 3.8) is 0 Å². The van der Waals surface area contributed by atoms with Crippen molar-refractivity contribution in [2.45, 2.75) is 51.6 Å². The Hall–Kier alpha value is -1.92. The van der Waals surface area contributed by atoms with Gasteiger partial charge in [0.15, 0.2) is 0 Å². The van der Waals surface area contributed by atoms with Gasteiger partial charge < -0.3 is 20.3 Å². The number of piperidine rings is 1. The average molecular weight is 373 g/mol. The van der Waals surface area contributed by atoms with Crippen molar-refractivity contribution in [1.82, 2.24) is 4.57 Å². The summed E-state index contributed by atoms with van der Waals surface area (Å²) in [6.45, 7) is 3.92. The molecular formula is C21H28FN3O2. The summed E-state index contributed by atoms with van der Waals surface area (Å²) in [5, 5.41) is 9.92. The molecule has 2 aromatic rings. The summed E-state index contributed by atoms with van der Waals surface area (Å²) in [4.78, 5) is 14.8. The van der Waals surface area contributed by atoms with Gasteiger partial charge in [-0.2, -0.15) is 0 Å². The van der Waals surface area contributed by atoms with Crippen LogP contribution in [0.15, 0.2) is 16.9 Å². The summed E-state index contributed by atoms with van der Waals surface area (Å²) in [5.74, 6) is 0.264. The zero-order valence-electron chi connectivity index (χ0n) is 15.9. The van der Waals surface area contributed by atoms with Gasteiger partial charge in [0.2, 0.25) is 0 Å². The number of benzene rings is 1. The number of nitrogens with zero attached hydrogens (tertiary/aromatic N) is 2. The number of aryl methyl sites for hydroxylation is 1. The highest BCUT2D eigenvalue weighted by Gasteiger charge is 2.30. The van der Waals surface area contributed by atoms with Crippen molar-refractivity contribution >= 4 is 16.6 Å². The predicted molar refractivity (Wildman–Crippen MR) is 106 cm³/mol. The minimum Gasteiger partial charge on any atom is -0.396 e. The zero-order chi connectivity index (χ0) is 19.1. The summed E-state index contributed by atoms with van der Waals surface area (Å²) >= 11 is 0. The fraction of sp³-hybridized carbons (Fsp3) is 0.571. The maximum Gasteiger partial charge on any atom is 0.251 e. The van der Waals surface area contributed by atoms with E-state index in [2.05, 4.69) is 4.90 Å². The van der Waals surface area contributed by atoms with E-state index in [1.165, 1.54) is 0 Å². The number of fused-ring (bicyclic) bond motifs is 1. The van der Waals surface area contributed by atoms with Crippen molar-refractivity contribution < 1.29 is 9.50 Å². The van der Waals surface area contributed by atoms with Crippen LogP contribution < -0.4 is 16.2 Å². The molecule has 0 unspecified atom stereocenters. The third kappa shape index (κ3) is 3.25. The molecule has 6 heteroatoms. The van der Waals surface area contributed by atoms with Crippen molar-refractivity contribution in [3.8, 4) is 0 Å². The summed E-state index contributed by atoms with van der Waals surface area (Å²) in [7, 11) is 0. The van der Waals surface area contributed by atoms with Gasteiger partial charge in [-0.15, -0.1) is 0 Å². The molecule has 1 saturated carbocycles. The Bertz CT molecular complexity index is 912. The molecule has 1 aromatic carbocycles. The smallest absolute Gasteiger partial charge is 0.251 e. The maximum atomic E-state index is 15.2. The number of anilines is 1. The molecule has 2 aliphatic rings. The first-order valence-electron chi connectivity index (χ1n) is 9.98. The Morgan fingerprint density at radius 1 is 1.22 bits per heavy atom. The highest BCUT2D eigenvalue weighted by Crippen LogP contribution is 2.40. The van der Waals surface area contributed by atoms with E-state index < -0.39 is 0 Å². The molecule has 3 N–H and O–H groups in total. The Kier molecular flexibility index (Phi) is 4.95. The van der Waals surface area contributed by atoms with Crippen LogP contribution in [0.3, 0.4) is 0 Å². The molecule has 0 radical (unpaired) electrons. The lowest BCUT2D eigenvalue weighted by atomic mass is 9.93. The molecule has 146 valence electrons. The number of hydrogen-bond donors (Lipinski definition) is 2. The number of rotatable bonds is 5. The molecule has 0 atom stereocenters. The lowest BCUT2D eigenvalue weighted by Gasteiger charge is -2.35. The number of aromatic nitrogens is 1. The summed E-state index contributed by atoms with van der Waals surface area (Å²) in [6.07, 6.45) is 4.71. The van der Waals surface area contributed by atoms with Crippen LogP contribution in [0.4, 0.5) is 10.1 Å². The topological polar surface area (TPSA) is 71.5 Å². The van der Waals surface area contributed by atoms with E-state index in [4.69, 9.17) is 10.8 Å². The quantitative estimate of drug-likeness (QED) is 0.845. The van der Waals surface area contributed by atoms with E-state index in [0.29, 0.717) is 17.2 Å². The van der Waals surface area contributed by atoms with Crippen molar-refractivity contribution in [1.29, 1.82) is 0 Å². The third-order valence-corrected chi connectivity index (χ3v) is 6.18. The molecule has 1 aliphatic carbocycles. The van der Waals surface area contributed by atoms with Crippen molar-refractivity contribution in [2.75, 3.05) is 24.6 Å². The van der Waals surface area contributed by atoms with Gasteiger partial charge in [-0.25, -0.2) is 4.39 Å². The van der Waals surface area contributed by atoms with E-state index >= 15 is 4.39 Å². The zero-order valence-corrected chi connectivity index (χ0v) is 15.9. The SMILES string of the molecule is Cc1c(N2CCC(CCO)CC2)c(F)cc2c(CN)cc(=O)n(C3CC3)c12. The molecule has 2 fully saturated rings. The van der Waals surface area contributed by atoms with Crippen LogP contribution in [0.5, 0.6) is 0 Å². The fourth-order valence-corrected chi connectivity index (χ4v) is 4.60. The Balaban J connectivity index is 1.83. The first-order valence-corrected chi connectivity index (χ1v) is 9.98. The number of aliphatic hydroxyl groups excluding tert-OH is 1. The van der Waals surface area contributed by atoms with Gasteiger partial charge >= 0.3 is 0 Å². The second-order valence-electron chi connectivity index (χ2n) is 7.98. The Morgan fingerprint density at radius 2 is 1.93 bits per heavy atom. The van der Waals surface area contributed by atoms with Crippen LogP contribution in [-0.4, -0.2) is 29.4 Å². The largest absolute Gasteiger partial charge is 0.396 e. The molecule has 5 nitrogen and oxygen atoms in total. The number of nitrogens with two attached hydrogens (primary N) is 1. The molecule has 0 spiro atoms. The van der Waals surface area contributed by atoms with Crippen LogP contribution in [0.1, 0.15) is 49.3 Å². The van der Waals surface area contributed by atoms with Crippen LogP contribution in [0, 0.1) is 18.7 Å². The highest BCUT2D eigenvalue weighted by atomic mass is 19.1. The second-order valence-corrected chi connectivity index (χ2v) is 7.98. The van der Waals surface area contributed by atoms with Gasteiger partial charge in [-0.1, -0.05) is 0 Å². The standard InChI is InChI=1S/C21H28FN3O2/c1-13-20-17(15(12-23)10-19(27)25(20)16-2-3-16)11-18(22)21(13)24-7-4-14(5-8-24)6-9-26/h10-11,14,16,26H,2-9,12,23H2,1H3. The molecule has 27 heavy (non-hydrogen) atoms. The van der Waals surface area contributed by atoms with E-state index in [1.807, 2.05) is 11.5 Å². The average Bonchev–Trinajstić information content (AvgIpc) is 3.48. The van der Waals surface area contributed by atoms with Crippen molar-refractivity contribution in [3.05, 3.63) is 39.4 Å². The normalized spacial score (nSPS) is 18.4. The molecule has 1 aromatic heterocycles. The number of pyridine rings is 1. The van der Waals surface area contributed by atoms with Crippen molar-refractivity contribution in [2.24, 2.45) is 11.7 Å². The van der Waals surface area contributed by atoms with Crippen LogP contribution in [0.2, 0.25) is 0 Å².